The lowest BCUT2D eigenvalue weighted by Gasteiger charge is -2.48. The van der Waals surface area contributed by atoms with Crippen LogP contribution in [0.1, 0.15) is 20.8 Å². The first-order valence-electron chi connectivity index (χ1n) is 20.6. The van der Waals surface area contributed by atoms with Crippen molar-refractivity contribution in [2.45, 2.75) is 174 Å². The van der Waals surface area contributed by atoms with Gasteiger partial charge in [0.1, 0.15) is 122 Å². The molecule has 5 aliphatic heterocycles. The van der Waals surface area contributed by atoms with Crippen LogP contribution in [-0.4, -0.2) is 276 Å². The van der Waals surface area contributed by atoms with Crippen LogP contribution in [0.3, 0.4) is 0 Å². The molecule has 29 heteroatoms. The van der Waals surface area contributed by atoms with Crippen LogP contribution >= 0.6 is 0 Å². The smallest absolute Gasteiger partial charge is 0.217 e. The molecular weight excluding hydrogens is 890 g/mol. The average molecular weight is 952 g/mol. The monoisotopic (exact) mass is 951 g/mol. The predicted molar refractivity (Wildman–Crippen MR) is 201 cm³/mol. The molecule has 0 spiro atoms. The molecule has 0 aliphatic carbocycles. The lowest BCUT2D eigenvalue weighted by atomic mass is 9.95. The number of hydrogen-bond acceptors (Lipinski definition) is 26. The molecule has 5 fully saturated rings. The van der Waals surface area contributed by atoms with E-state index in [2.05, 4.69) is 16.0 Å². The number of hydrogen-bond donors (Lipinski definition) is 17. The van der Waals surface area contributed by atoms with Crippen molar-refractivity contribution in [2.75, 3.05) is 33.0 Å². The summed E-state index contributed by atoms with van der Waals surface area (Å²) < 4.78 is 51.4. The molecule has 3 amide bonds. The van der Waals surface area contributed by atoms with Crippen molar-refractivity contribution in [3.05, 3.63) is 0 Å². The van der Waals surface area contributed by atoms with E-state index in [9.17, 15) is 85.9 Å². The summed E-state index contributed by atoms with van der Waals surface area (Å²) in [6, 6.07) is -4.57. The highest BCUT2D eigenvalue weighted by Gasteiger charge is 2.55. The highest BCUT2D eigenvalue weighted by atomic mass is 16.8. The maximum atomic E-state index is 12.1. The van der Waals surface area contributed by atoms with Gasteiger partial charge in [0.05, 0.1) is 33.0 Å². The van der Waals surface area contributed by atoms with Gasteiger partial charge in [-0.1, -0.05) is 0 Å². The molecule has 0 aromatic carbocycles. The molecule has 29 nitrogen and oxygen atoms in total. The molecular formula is C36H61N3O26. The number of amides is 3. The predicted octanol–water partition coefficient (Wildman–Crippen LogP) is -11.5. The van der Waals surface area contributed by atoms with E-state index in [-0.39, 0.29) is 0 Å². The number of nitrogens with one attached hydrogen (secondary N) is 3. The molecule has 65 heavy (non-hydrogen) atoms. The lowest BCUT2D eigenvalue weighted by molar-refractivity contribution is -0.372. The van der Waals surface area contributed by atoms with Crippen LogP contribution in [0, 0.1) is 0 Å². The van der Waals surface area contributed by atoms with Gasteiger partial charge >= 0.3 is 0 Å². The van der Waals surface area contributed by atoms with Crippen molar-refractivity contribution in [1.29, 1.82) is 0 Å². The van der Waals surface area contributed by atoms with Crippen molar-refractivity contribution in [3.8, 4) is 0 Å². The number of ether oxygens (including phenoxy) is 9. The second kappa shape index (κ2) is 23.2. The zero-order chi connectivity index (χ0) is 48.2. The molecule has 25 atom stereocenters. The largest absolute Gasteiger partial charge is 0.394 e. The quantitative estimate of drug-likeness (QED) is 0.0683. The Hall–Kier alpha value is -2.51. The van der Waals surface area contributed by atoms with Crippen LogP contribution in [0.15, 0.2) is 0 Å². The third-order valence-electron chi connectivity index (χ3n) is 11.5. The number of aliphatic hydroxyl groups is 14. The normalized spacial score (nSPS) is 47.1. The Kier molecular flexibility index (Phi) is 19.1. The van der Waals surface area contributed by atoms with Gasteiger partial charge in [0, 0.05) is 20.8 Å². The Labute approximate surface area is 369 Å². The maximum Gasteiger partial charge on any atom is 0.217 e. The van der Waals surface area contributed by atoms with E-state index >= 15 is 0 Å². The Balaban J connectivity index is 1.40. The zero-order valence-electron chi connectivity index (χ0n) is 35.1. The van der Waals surface area contributed by atoms with Crippen molar-refractivity contribution >= 4 is 17.7 Å². The minimum Gasteiger partial charge on any atom is -0.394 e. The van der Waals surface area contributed by atoms with E-state index in [0.29, 0.717) is 0 Å². The number of carbonyl (C=O) groups is 3. The summed E-state index contributed by atoms with van der Waals surface area (Å²) in [6.45, 7) is -1.00. The van der Waals surface area contributed by atoms with E-state index in [0.717, 1.165) is 20.8 Å². The first-order chi connectivity index (χ1) is 30.6. The molecule has 5 aliphatic rings. The van der Waals surface area contributed by atoms with Crippen LogP contribution < -0.4 is 16.0 Å². The van der Waals surface area contributed by atoms with E-state index < -0.39 is 204 Å². The first kappa shape index (κ1) is 53.4. The Morgan fingerprint density at radius 3 is 1.31 bits per heavy atom. The fourth-order valence-corrected chi connectivity index (χ4v) is 8.02. The number of aliphatic hydroxyl groups excluding tert-OH is 14. The van der Waals surface area contributed by atoms with E-state index in [1.165, 1.54) is 0 Å². The third-order valence-corrected chi connectivity index (χ3v) is 11.5. The Morgan fingerprint density at radius 1 is 0.400 bits per heavy atom. The zero-order valence-corrected chi connectivity index (χ0v) is 35.1. The van der Waals surface area contributed by atoms with Gasteiger partial charge in [0.15, 0.2) is 31.5 Å². The van der Waals surface area contributed by atoms with Crippen molar-refractivity contribution < 1.29 is 129 Å². The third kappa shape index (κ3) is 12.2. The summed E-state index contributed by atoms with van der Waals surface area (Å²) in [6.07, 6.45) is -39.8. The maximum absolute atomic E-state index is 12.1. The lowest BCUT2D eigenvalue weighted by Crippen LogP contribution is -2.68. The molecule has 5 heterocycles. The van der Waals surface area contributed by atoms with E-state index in [1.54, 1.807) is 0 Å². The summed E-state index contributed by atoms with van der Waals surface area (Å²) >= 11 is 0. The van der Waals surface area contributed by atoms with Crippen LogP contribution in [0.4, 0.5) is 0 Å². The van der Waals surface area contributed by atoms with Gasteiger partial charge in [-0.2, -0.15) is 0 Å². The summed E-state index contributed by atoms with van der Waals surface area (Å²) in [4.78, 5) is 35.9. The summed E-state index contributed by atoms with van der Waals surface area (Å²) in [5.41, 5.74) is 0. The topological polar surface area (TPSA) is 454 Å². The van der Waals surface area contributed by atoms with Gasteiger partial charge in [-0.15, -0.1) is 0 Å². The first-order valence-corrected chi connectivity index (χ1v) is 20.6. The fraction of sp³-hybridized carbons (Fsp3) is 0.917. The number of carbonyl (C=O) groups excluding carboxylic acids is 3. The van der Waals surface area contributed by atoms with Crippen LogP contribution in [0.5, 0.6) is 0 Å². The van der Waals surface area contributed by atoms with Gasteiger partial charge < -0.3 is 130 Å². The fourth-order valence-electron chi connectivity index (χ4n) is 8.02. The minimum absolute atomic E-state index is 0.691. The van der Waals surface area contributed by atoms with Crippen LogP contribution in [0.2, 0.25) is 0 Å². The summed E-state index contributed by atoms with van der Waals surface area (Å²) in [7, 11) is 0. The molecule has 0 aromatic rings. The van der Waals surface area contributed by atoms with Crippen molar-refractivity contribution in [2.24, 2.45) is 0 Å². The van der Waals surface area contributed by atoms with Gasteiger partial charge in [0.25, 0.3) is 0 Å². The van der Waals surface area contributed by atoms with Crippen LogP contribution in [0.25, 0.3) is 0 Å². The molecule has 376 valence electrons. The molecule has 0 unspecified atom stereocenters. The van der Waals surface area contributed by atoms with Crippen LogP contribution in [-0.2, 0) is 57.0 Å². The standard InChI is InChI=1S/C36H61N3O26/c1-9(43)37-17-26(52)30(14(6-42)59-32(17)56)64-35-29(55)27(53)22(48)15(62-35)8-58-36-31(65-34-19(39-11(3)45)25(51)21(47)13(5-41)61-34)28(54)23(49)16(63-36)7-57-33-18(38-10(2)44)24(50)20(46)12(4-40)60-33/h12-36,40-42,46-56H,4-8H2,1-3H3,(H,37,43)(H,38,44)(H,39,45)/t12-,13-,14-,15-,16-,17-,18-,19-,20-,21-,22-,23-,24-,25-,26-,27+,28+,29+,30-,31+,32-,33-,34+,35+,36+/m1/s1. The average Bonchev–Trinajstić information content (AvgIpc) is 3.25. The Bertz CT molecular complexity index is 1560. The number of rotatable bonds is 16. The highest BCUT2D eigenvalue weighted by molar-refractivity contribution is 5.74. The summed E-state index contributed by atoms with van der Waals surface area (Å²) in [5.74, 6) is -2.14. The van der Waals surface area contributed by atoms with Gasteiger partial charge in [-0.05, 0) is 0 Å². The molecule has 0 bridgehead atoms. The summed E-state index contributed by atoms with van der Waals surface area (Å²) in [5, 5.41) is 156. The molecule has 0 radical (unpaired) electrons. The Morgan fingerprint density at radius 2 is 0.800 bits per heavy atom. The SMILES string of the molecule is CC(=O)N[C@@H]1[C@@H](O)[C@H](O[C@@H]2O[C@H](CO[C@H]3O[C@H](CO[C@@H]4O[C@H](CO)[C@@H](O)[C@H](O)[C@H]4NC(C)=O)[C@@H](O)[C@H](O)[C@@H]3O[C@@H]3O[C@H](CO)[C@@H](O)[C@H](O)[C@H]3NC(C)=O)[C@@H](O)[C@H](O)[C@@H]2O)[C@@H](CO)O[C@H]1O. The molecule has 17 N–H and O–H groups in total. The molecule has 5 saturated heterocycles. The highest BCUT2D eigenvalue weighted by Crippen LogP contribution is 2.33. The second-order valence-corrected chi connectivity index (χ2v) is 16.2. The second-order valence-electron chi connectivity index (χ2n) is 16.2. The molecule has 5 rings (SSSR count). The van der Waals surface area contributed by atoms with E-state index in [1.807, 2.05) is 0 Å². The van der Waals surface area contributed by atoms with Gasteiger partial charge in [-0.3, -0.25) is 14.4 Å². The van der Waals surface area contributed by atoms with Crippen molar-refractivity contribution in [1.82, 2.24) is 16.0 Å². The van der Waals surface area contributed by atoms with E-state index in [4.69, 9.17) is 42.6 Å². The van der Waals surface area contributed by atoms with Gasteiger partial charge in [0.2, 0.25) is 17.7 Å². The van der Waals surface area contributed by atoms with Gasteiger partial charge in [-0.25, -0.2) is 0 Å². The molecule has 0 saturated carbocycles. The van der Waals surface area contributed by atoms with Crippen molar-refractivity contribution in [3.63, 3.8) is 0 Å². The molecule has 0 aromatic heterocycles. The minimum atomic E-state index is -2.10.